The number of rotatable bonds is 76. The van der Waals surface area contributed by atoms with Crippen molar-refractivity contribution in [1.29, 1.82) is 0 Å². The van der Waals surface area contributed by atoms with E-state index in [4.69, 9.17) is 60.1 Å². The number of phosphoric ester groups is 4. The number of hydrogen-bond donors (Lipinski definition) is 14. The second-order valence-electron chi connectivity index (χ2n) is 29.7. The number of aliphatic hydroxyl groups excluding tert-OH is 4. The number of unbranched alkanes of at least 4 members (excludes halogenated alkanes) is 50. The van der Waals surface area contributed by atoms with Crippen LogP contribution in [0.3, 0.4) is 0 Å². The normalized spacial score (nSPS) is 13.3. The molecule has 32 heteroatoms. The van der Waals surface area contributed by atoms with Gasteiger partial charge < -0.3 is 80.5 Å². The number of allylic oxidation sites excluding steroid dienone is 1. The Kier molecular flexibility index (Phi) is 101. The molecule has 0 aromatic heterocycles. The molecular weight excluding hydrogens is 1560 g/mol. The fraction of sp³-hybridized carbons (Fsp3) is 0.950. The Morgan fingerprint density at radius 2 is 0.518 bits per heavy atom. The van der Waals surface area contributed by atoms with E-state index in [-0.39, 0.29) is 26.4 Å². The van der Waals surface area contributed by atoms with E-state index in [0.29, 0.717) is 19.3 Å². The summed E-state index contributed by atoms with van der Waals surface area (Å²) < 4.78 is 68.5. The van der Waals surface area contributed by atoms with Gasteiger partial charge >= 0.3 is 43.2 Å². The Bertz CT molecular complexity index is 2160. The van der Waals surface area contributed by atoms with E-state index in [9.17, 15) is 48.3 Å². The van der Waals surface area contributed by atoms with Gasteiger partial charge in [-0.2, -0.15) is 0 Å². The third-order valence-corrected chi connectivity index (χ3v) is 20.3. The first-order valence-electron chi connectivity index (χ1n) is 43.6. The van der Waals surface area contributed by atoms with Crippen LogP contribution in [0.4, 0.5) is 0 Å². The standard InChI is InChI=1S/C21H43O7P.C18H40NO5P.C18H38NO5P.C13H27O7P.C10H22.HPS/c1-2-3-4-5-6-7-8-9-10-11-12-13-14-15-16-17-21(23)27-18-20(22)19-28-29(24,25)26;2*1-2-3-4-5-6-7-8-9-10-11-12-13-14-15-18(20)17(19)16-24-25(21,22)23;1-2-3-4-5-6-7-8-9-13(15)19-10-12(14)11-20-21(16,17)18;1-3-5-7-9-10-8-6-4-2;1-2/h20,22H,2-19H2,1H3,(H2,24,25,26);17-18,20H,2-16,19H2,1H3,(H2,21,22,23);14-15,17-18,20H,2-13,16,19H2,1H3,(H2,21,22,23);12,14H,2-11H2,1H3,(H2,16,17,18);3-10H2,1-2H3;1H/b;;15-14-;;;/t20-;2*17-,18+;12-;;/m1001../s1. The van der Waals surface area contributed by atoms with Crippen LogP contribution < -0.4 is 11.5 Å². The summed E-state index contributed by atoms with van der Waals surface area (Å²) in [6.07, 6.45) is 70.1. The molecule has 16 N–H and O–H groups in total. The van der Waals surface area contributed by atoms with Crippen molar-refractivity contribution in [1.82, 2.24) is 0 Å². The van der Waals surface area contributed by atoms with Crippen molar-refractivity contribution in [2.24, 2.45) is 11.5 Å². The minimum atomic E-state index is -4.61. The summed E-state index contributed by atoms with van der Waals surface area (Å²) in [4.78, 5) is 91.2. The Morgan fingerprint density at radius 3 is 0.759 bits per heavy atom. The van der Waals surface area contributed by atoms with Gasteiger partial charge in [-0.3, -0.25) is 27.7 Å². The Balaban J connectivity index is -0.000000320. The topological polar surface area (TPSA) is 453 Å². The lowest BCUT2D eigenvalue weighted by molar-refractivity contribution is -0.148. The van der Waals surface area contributed by atoms with Crippen molar-refractivity contribution in [3.05, 3.63) is 12.2 Å². The maximum atomic E-state index is 11.6. The lowest BCUT2D eigenvalue weighted by atomic mass is 10.0. The molecule has 0 bridgehead atoms. The molecule has 0 saturated carbocycles. The van der Waals surface area contributed by atoms with Gasteiger partial charge in [-0.1, -0.05) is 393 Å². The van der Waals surface area contributed by atoms with Crippen LogP contribution >= 0.6 is 39.3 Å². The molecule has 0 saturated heterocycles. The monoisotopic (exact) mass is 1730 g/mol. The number of aliphatic hydroxyl groups is 4. The summed E-state index contributed by atoms with van der Waals surface area (Å²) in [5, 5.41) is 38.3. The molecule has 0 fully saturated rings. The molecule has 0 amide bonds. The zero-order valence-corrected chi connectivity index (χ0v) is 76.4. The lowest BCUT2D eigenvalue weighted by Crippen LogP contribution is -2.38. The first-order chi connectivity index (χ1) is 53.3. The second-order valence-corrected chi connectivity index (χ2v) is 34.6. The first kappa shape index (κ1) is 122. The molecule has 0 aliphatic heterocycles. The molecule has 0 rings (SSSR count). The molecule has 0 aliphatic rings. The van der Waals surface area contributed by atoms with Crippen molar-refractivity contribution < 1.29 is 115 Å². The molecule has 26 nitrogen and oxygen atoms in total. The van der Waals surface area contributed by atoms with Gasteiger partial charge in [0.1, 0.15) is 25.4 Å². The van der Waals surface area contributed by atoms with E-state index >= 15 is 0 Å². The summed E-state index contributed by atoms with van der Waals surface area (Å²) in [5.41, 5.74) is 11.3. The van der Waals surface area contributed by atoms with E-state index in [1.807, 2.05) is 6.08 Å². The highest BCUT2D eigenvalue weighted by molar-refractivity contribution is 7.88. The summed E-state index contributed by atoms with van der Waals surface area (Å²) >= 11 is 3.89. The average molecular weight is 1730 g/mol. The minimum absolute atomic E-state index is 0.292. The smallest absolute Gasteiger partial charge is 0.463 e. The van der Waals surface area contributed by atoms with Crippen LogP contribution in [-0.4, -0.2) is 148 Å². The molecule has 0 aliphatic carbocycles. The molecule has 0 spiro atoms. The highest BCUT2D eigenvalue weighted by atomic mass is 32.4. The fourth-order valence-electron chi connectivity index (χ4n) is 11.5. The third kappa shape index (κ3) is 118. The fourth-order valence-corrected chi connectivity index (χ4v) is 13.0. The van der Waals surface area contributed by atoms with E-state index in [2.05, 4.69) is 79.5 Å². The van der Waals surface area contributed by atoms with E-state index in [0.717, 1.165) is 70.6 Å². The molecule has 0 radical (unpaired) electrons. The molecule has 0 unspecified atom stereocenters. The van der Waals surface area contributed by atoms with Gasteiger partial charge in [-0.05, 0) is 40.1 Å². The quantitative estimate of drug-likeness (QED) is 0.0116. The summed E-state index contributed by atoms with van der Waals surface area (Å²) in [6, 6.07) is -1.61. The SMILES string of the molecule is CCCCCCCCCC.CCCCCCCCCC(=O)OC[C@@H](O)COP(=O)(O)O.CCCCCCCCCCCCC/C=C\[C@@H](O)[C@@H](N)COP(=O)(O)O.CCCCCCCCCCCCCCCCCC(=O)OC[C@@H](O)COP(=O)(O)O.CCCCCCCCCCCCCCC[C@@H](O)[C@@H](N)COP(=O)(O)O.P=S. The number of hydrogen-bond acceptors (Lipinski definition) is 19. The summed E-state index contributed by atoms with van der Waals surface area (Å²) in [5.74, 6) is -0.825. The average Bonchev–Trinajstić information content (AvgIpc) is 0.933. The van der Waals surface area contributed by atoms with E-state index in [1.54, 1.807) is 6.08 Å². The molecule has 112 heavy (non-hydrogen) atoms. The van der Waals surface area contributed by atoms with Crippen molar-refractivity contribution in [3.8, 4) is 0 Å². The molecule has 676 valence electrons. The van der Waals surface area contributed by atoms with Crippen LogP contribution in [0.5, 0.6) is 0 Å². The predicted octanol–water partition coefficient (Wildman–Crippen LogP) is 20.4. The zero-order chi connectivity index (χ0) is 85.5. The second kappa shape index (κ2) is 92.7. The van der Waals surface area contributed by atoms with Crippen molar-refractivity contribution in [2.45, 2.75) is 450 Å². The zero-order valence-electron chi connectivity index (χ0n) is 71.0. The number of nitrogens with two attached hydrogens (primary N) is 2. The molecule has 0 aromatic carbocycles. The van der Waals surface area contributed by atoms with Crippen molar-refractivity contribution in [3.63, 3.8) is 0 Å². The summed E-state index contributed by atoms with van der Waals surface area (Å²) in [7, 11) is -15.7. The summed E-state index contributed by atoms with van der Waals surface area (Å²) in [6.45, 7) is 10.9. The van der Waals surface area contributed by atoms with Crippen LogP contribution in [0.15, 0.2) is 12.2 Å². The largest absolute Gasteiger partial charge is 0.469 e. The van der Waals surface area contributed by atoms with Crippen LogP contribution in [-0.2, 0) is 67.2 Å². The maximum absolute atomic E-state index is 11.6. The molecule has 0 heterocycles. The third-order valence-electron chi connectivity index (χ3n) is 18.4. The van der Waals surface area contributed by atoms with Gasteiger partial charge in [0.15, 0.2) is 0 Å². The highest BCUT2D eigenvalue weighted by Gasteiger charge is 2.23. The Morgan fingerprint density at radius 1 is 0.312 bits per heavy atom. The first-order valence-corrected chi connectivity index (χ1v) is 51.3. The van der Waals surface area contributed by atoms with Crippen molar-refractivity contribution >= 4 is 63.1 Å². The van der Waals surface area contributed by atoms with Gasteiger partial charge in [-0.25, -0.2) is 18.3 Å². The van der Waals surface area contributed by atoms with E-state index < -0.39 is 92.9 Å². The van der Waals surface area contributed by atoms with E-state index in [1.165, 1.54) is 283 Å². The van der Waals surface area contributed by atoms with Gasteiger partial charge in [0.25, 0.3) is 0 Å². The van der Waals surface area contributed by atoms with Crippen LogP contribution in [0.25, 0.3) is 0 Å². The number of phosphoric acid groups is 4. The van der Waals surface area contributed by atoms with Gasteiger partial charge in [0.05, 0.1) is 50.7 Å². The highest BCUT2D eigenvalue weighted by Crippen LogP contribution is 2.38. The molecule has 6 atom stereocenters. The number of carbonyl (C=O) groups excluding carboxylic acids is 2. The lowest BCUT2D eigenvalue weighted by Gasteiger charge is -2.18. The van der Waals surface area contributed by atoms with Gasteiger partial charge in [0, 0.05) is 12.8 Å². The van der Waals surface area contributed by atoms with Gasteiger partial charge in [0.2, 0.25) is 0 Å². The Labute approximate surface area is 688 Å². The Hall–Kier alpha value is -0.600. The minimum Gasteiger partial charge on any atom is -0.463 e. The predicted molar refractivity (Wildman–Crippen MR) is 461 cm³/mol. The number of ether oxygens (including phenoxy) is 2. The van der Waals surface area contributed by atoms with Gasteiger partial charge in [-0.15, -0.1) is 0 Å². The van der Waals surface area contributed by atoms with Crippen molar-refractivity contribution in [2.75, 3.05) is 39.6 Å². The molecular formula is C80H171N2O24P5S. The number of carbonyl (C=O) groups is 2. The maximum Gasteiger partial charge on any atom is 0.469 e. The molecule has 0 aromatic rings. The van der Waals surface area contributed by atoms with Crippen LogP contribution in [0.2, 0.25) is 0 Å². The van der Waals surface area contributed by atoms with Crippen LogP contribution in [0, 0.1) is 0 Å². The van der Waals surface area contributed by atoms with Crippen LogP contribution in [0.1, 0.15) is 414 Å². The number of esters is 2.